The van der Waals surface area contributed by atoms with E-state index in [2.05, 4.69) is 10.6 Å². The lowest BCUT2D eigenvalue weighted by molar-refractivity contribution is -0.117. The number of carbonyl (C=O) groups excluding carboxylic acids is 1. The fourth-order valence-corrected chi connectivity index (χ4v) is 2.62. The highest BCUT2D eigenvalue weighted by Gasteiger charge is 2.20. The van der Waals surface area contributed by atoms with Crippen molar-refractivity contribution in [1.82, 2.24) is 5.32 Å². The van der Waals surface area contributed by atoms with E-state index in [-0.39, 0.29) is 11.9 Å². The number of hydrogen-bond donors (Lipinski definition) is 2. The third kappa shape index (κ3) is 3.00. The van der Waals surface area contributed by atoms with E-state index in [0.29, 0.717) is 0 Å². The molecule has 0 bridgehead atoms. The maximum atomic E-state index is 11.9. The quantitative estimate of drug-likeness (QED) is 0.820. The maximum Gasteiger partial charge on any atom is 0.242 e. The largest absolute Gasteiger partial charge is 0.325 e. The summed E-state index contributed by atoms with van der Waals surface area (Å²) >= 11 is 1.82. The molecule has 0 spiro atoms. The number of nitrogens with one attached hydrogen (secondary N) is 2. The highest BCUT2D eigenvalue weighted by molar-refractivity contribution is 7.99. The van der Waals surface area contributed by atoms with Crippen LogP contribution in [0.5, 0.6) is 0 Å². The van der Waals surface area contributed by atoms with Crippen LogP contribution < -0.4 is 10.6 Å². The number of rotatable bonds is 2. The molecule has 2 N–H and O–H groups in total. The van der Waals surface area contributed by atoms with Crippen LogP contribution in [-0.4, -0.2) is 30.0 Å². The van der Waals surface area contributed by atoms with Gasteiger partial charge in [-0.25, -0.2) is 0 Å². The van der Waals surface area contributed by atoms with Gasteiger partial charge in [0.2, 0.25) is 5.91 Å². The molecule has 3 nitrogen and oxygen atoms in total. The van der Waals surface area contributed by atoms with E-state index >= 15 is 0 Å². The molecule has 1 aromatic rings. The number of benzene rings is 1. The molecule has 1 atom stereocenters. The summed E-state index contributed by atoms with van der Waals surface area (Å²) in [6.45, 7) is 2.93. The smallest absolute Gasteiger partial charge is 0.242 e. The zero-order chi connectivity index (χ0) is 11.4. The van der Waals surface area contributed by atoms with Crippen LogP contribution >= 0.6 is 11.8 Å². The van der Waals surface area contributed by atoms with Crippen molar-refractivity contribution in [2.45, 2.75) is 13.0 Å². The Labute approximate surface area is 100.0 Å². The molecular formula is C12H16N2OS. The van der Waals surface area contributed by atoms with E-state index in [0.717, 1.165) is 29.3 Å². The van der Waals surface area contributed by atoms with Crippen molar-refractivity contribution in [2.75, 3.05) is 23.4 Å². The number of aryl methyl sites for hydroxylation is 1. The van der Waals surface area contributed by atoms with Gasteiger partial charge in [0.25, 0.3) is 0 Å². The first kappa shape index (κ1) is 11.5. The van der Waals surface area contributed by atoms with Gasteiger partial charge in [-0.05, 0) is 24.6 Å². The fraction of sp³-hybridized carbons (Fsp3) is 0.417. The van der Waals surface area contributed by atoms with Crippen LogP contribution in [0.15, 0.2) is 24.3 Å². The van der Waals surface area contributed by atoms with Gasteiger partial charge in [-0.2, -0.15) is 11.8 Å². The van der Waals surface area contributed by atoms with Gasteiger partial charge < -0.3 is 10.6 Å². The normalized spacial score (nSPS) is 20.4. The van der Waals surface area contributed by atoms with Crippen molar-refractivity contribution < 1.29 is 4.79 Å². The van der Waals surface area contributed by atoms with Gasteiger partial charge in [-0.15, -0.1) is 0 Å². The molecule has 0 aromatic heterocycles. The monoisotopic (exact) mass is 236 g/mol. The SMILES string of the molecule is Cc1cccc(NC(=O)C2CSCCN2)c1. The van der Waals surface area contributed by atoms with E-state index in [9.17, 15) is 4.79 Å². The van der Waals surface area contributed by atoms with Gasteiger partial charge in [0, 0.05) is 23.7 Å². The van der Waals surface area contributed by atoms with Crippen LogP contribution in [0.4, 0.5) is 5.69 Å². The lowest BCUT2D eigenvalue weighted by Crippen LogP contribution is -2.46. The standard InChI is InChI=1S/C12H16N2OS/c1-9-3-2-4-10(7-9)14-12(15)11-8-16-6-5-13-11/h2-4,7,11,13H,5-6,8H2,1H3,(H,14,15). The molecule has 1 heterocycles. The number of hydrogen-bond acceptors (Lipinski definition) is 3. The van der Waals surface area contributed by atoms with E-state index in [1.807, 2.05) is 43.0 Å². The Hall–Kier alpha value is -1.00. The first-order valence-corrected chi connectivity index (χ1v) is 6.60. The minimum atomic E-state index is -0.0562. The van der Waals surface area contributed by atoms with Gasteiger partial charge in [0.05, 0.1) is 6.04 Å². The van der Waals surface area contributed by atoms with Crippen molar-refractivity contribution >= 4 is 23.4 Å². The molecule has 0 radical (unpaired) electrons. The molecule has 0 saturated carbocycles. The van der Waals surface area contributed by atoms with E-state index < -0.39 is 0 Å². The number of amides is 1. The fourth-order valence-electron chi connectivity index (χ4n) is 1.69. The van der Waals surface area contributed by atoms with Gasteiger partial charge in [0.1, 0.15) is 0 Å². The molecule has 0 aliphatic carbocycles. The van der Waals surface area contributed by atoms with Gasteiger partial charge in [-0.3, -0.25) is 4.79 Å². The third-order valence-electron chi connectivity index (χ3n) is 2.52. The van der Waals surface area contributed by atoms with Gasteiger partial charge >= 0.3 is 0 Å². The molecule has 1 amide bonds. The molecule has 1 aliphatic heterocycles. The lowest BCUT2D eigenvalue weighted by atomic mass is 10.2. The minimum absolute atomic E-state index is 0.0562. The van der Waals surface area contributed by atoms with Crippen LogP contribution in [0, 0.1) is 6.92 Å². The van der Waals surface area contributed by atoms with Gasteiger partial charge in [0.15, 0.2) is 0 Å². The van der Waals surface area contributed by atoms with Crippen molar-refractivity contribution in [3.63, 3.8) is 0 Å². The number of anilines is 1. The van der Waals surface area contributed by atoms with Crippen molar-refractivity contribution in [3.8, 4) is 0 Å². The Balaban J connectivity index is 1.96. The first-order chi connectivity index (χ1) is 7.75. The van der Waals surface area contributed by atoms with Crippen LogP contribution in [0.1, 0.15) is 5.56 Å². The third-order valence-corrected chi connectivity index (χ3v) is 3.59. The Morgan fingerprint density at radius 3 is 3.12 bits per heavy atom. The molecule has 1 aromatic carbocycles. The summed E-state index contributed by atoms with van der Waals surface area (Å²) in [6, 6.07) is 7.81. The predicted molar refractivity (Wildman–Crippen MR) is 68.9 cm³/mol. The Kier molecular flexibility index (Phi) is 3.85. The van der Waals surface area contributed by atoms with Crippen LogP contribution in [-0.2, 0) is 4.79 Å². The zero-order valence-corrected chi connectivity index (χ0v) is 10.1. The Bertz CT molecular complexity index is 375. The summed E-state index contributed by atoms with van der Waals surface area (Å²) in [4.78, 5) is 11.9. The predicted octanol–water partition coefficient (Wildman–Crippen LogP) is 1.64. The number of thioether (sulfide) groups is 1. The molecule has 1 unspecified atom stereocenters. The van der Waals surface area contributed by atoms with Crippen molar-refractivity contribution in [3.05, 3.63) is 29.8 Å². The van der Waals surface area contributed by atoms with Crippen molar-refractivity contribution in [2.24, 2.45) is 0 Å². The summed E-state index contributed by atoms with van der Waals surface area (Å²) in [6.07, 6.45) is 0. The van der Waals surface area contributed by atoms with Crippen molar-refractivity contribution in [1.29, 1.82) is 0 Å². The Morgan fingerprint density at radius 2 is 2.44 bits per heavy atom. The number of carbonyl (C=O) groups is 1. The topological polar surface area (TPSA) is 41.1 Å². The second-order valence-corrected chi connectivity index (χ2v) is 5.09. The highest BCUT2D eigenvalue weighted by atomic mass is 32.2. The molecule has 86 valence electrons. The summed E-state index contributed by atoms with van der Waals surface area (Å²) < 4.78 is 0. The molecule has 4 heteroatoms. The summed E-state index contributed by atoms with van der Waals surface area (Å²) in [5, 5.41) is 6.16. The van der Waals surface area contributed by atoms with Gasteiger partial charge in [-0.1, -0.05) is 12.1 Å². The van der Waals surface area contributed by atoms with E-state index in [1.54, 1.807) is 0 Å². The molecule has 2 rings (SSSR count). The summed E-state index contributed by atoms with van der Waals surface area (Å²) in [5.74, 6) is 2.02. The lowest BCUT2D eigenvalue weighted by Gasteiger charge is -2.22. The second kappa shape index (κ2) is 5.37. The van der Waals surface area contributed by atoms with Crippen LogP contribution in [0.2, 0.25) is 0 Å². The minimum Gasteiger partial charge on any atom is -0.325 e. The molecular weight excluding hydrogens is 220 g/mol. The zero-order valence-electron chi connectivity index (χ0n) is 9.32. The summed E-state index contributed by atoms with van der Waals surface area (Å²) in [7, 11) is 0. The maximum absolute atomic E-state index is 11.9. The Morgan fingerprint density at radius 1 is 1.56 bits per heavy atom. The average Bonchev–Trinajstić information content (AvgIpc) is 2.30. The molecule has 1 fully saturated rings. The molecule has 1 saturated heterocycles. The van der Waals surface area contributed by atoms with Crippen LogP contribution in [0.25, 0.3) is 0 Å². The summed E-state index contributed by atoms with van der Waals surface area (Å²) in [5.41, 5.74) is 2.03. The second-order valence-electron chi connectivity index (χ2n) is 3.94. The highest BCUT2D eigenvalue weighted by Crippen LogP contribution is 2.12. The van der Waals surface area contributed by atoms with E-state index in [1.165, 1.54) is 0 Å². The molecule has 16 heavy (non-hydrogen) atoms. The average molecular weight is 236 g/mol. The van der Waals surface area contributed by atoms with Crippen LogP contribution in [0.3, 0.4) is 0 Å². The van der Waals surface area contributed by atoms with E-state index in [4.69, 9.17) is 0 Å². The molecule has 1 aliphatic rings. The first-order valence-electron chi connectivity index (χ1n) is 5.44.